The van der Waals surface area contributed by atoms with E-state index in [-0.39, 0.29) is 0 Å². The average molecular weight is 354 g/mol. The Morgan fingerprint density at radius 1 is 0.962 bits per heavy atom. The van der Waals surface area contributed by atoms with E-state index in [1.807, 2.05) is 41.3 Å². The number of ether oxygens (including phenoxy) is 1. The smallest absolute Gasteiger partial charge is 0.322 e. The van der Waals surface area contributed by atoms with Gasteiger partial charge in [-0.1, -0.05) is 60.7 Å². The van der Waals surface area contributed by atoms with Gasteiger partial charge in [0.1, 0.15) is 6.04 Å². The summed E-state index contributed by atoms with van der Waals surface area (Å²) in [6, 6.07) is 19.9. The lowest BCUT2D eigenvalue weighted by molar-refractivity contribution is -0.146. The molecule has 1 atom stereocenters. The van der Waals surface area contributed by atoms with Crippen LogP contribution in [0.1, 0.15) is 11.1 Å². The molecular weight excluding hydrogens is 328 g/mol. The van der Waals surface area contributed by atoms with Crippen LogP contribution in [0, 0.1) is 0 Å². The fourth-order valence-corrected chi connectivity index (χ4v) is 3.35. The van der Waals surface area contributed by atoms with E-state index < -0.39 is 12.0 Å². The van der Waals surface area contributed by atoms with Crippen LogP contribution in [0.25, 0.3) is 0 Å². The molecular formula is C21H26N2O3. The number of carboxylic acids is 1. The van der Waals surface area contributed by atoms with Crippen molar-refractivity contribution >= 4 is 5.97 Å². The summed E-state index contributed by atoms with van der Waals surface area (Å²) >= 11 is 0. The molecule has 1 N–H and O–H groups in total. The minimum Gasteiger partial charge on any atom is -0.480 e. The number of morpholine rings is 1. The van der Waals surface area contributed by atoms with Gasteiger partial charge in [-0.25, -0.2) is 0 Å². The van der Waals surface area contributed by atoms with Gasteiger partial charge < -0.3 is 9.84 Å². The van der Waals surface area contributed by atoms with Crippen LogP contribution in [0.15, 0.2) is 60.7 Å². The van der Waals surface area contributed by atoms with Crippen LogP contribution in [-0.4, -0.2) is 59.8 Å². The van der Waals surface area contributed by atoms with Crippen LogP contribution in [0.4, 0.5) is 0 Å². The number of carboxylic acid groups (broad SMARTS) is 1. The predicted molar refractivity (Wildman–Crippen MR) is 101 cm³/mol. The second-order valence-electron chi connectivity index (χ2n) is 6.64. The molecule has 0 aromatic heterocycles. The minimum absolute atomic E-state index is 0.485. The number of nitrogens with zero attached hydrogens (tertiary/aromatic N) is 2. The van der Waals surface area contributed by atoms with E-state index in [1.165, 1.54) is 11.1 Å². The number of hydrogen-bond donors (Lipinski definition) is 1. The van der Waals surface area contributed by atoms with Gasteiger partial charge in [-0.15, -0.1) is 0 Å². The van der Waals surface area contributed by atoms with E-state index in [1.54, 1.807) is 0 Å². The van der Waals surface area contributed by atoms with Crippen LogP contribution in [-0.2, 0) is 22.6 Å². The van der Waals surface area contributed by atoms with Gasteiger partial charge in [0.05, 0.1) is 13.2 Å². The molecule has 1 unspecified atom stereocenters. The SMILES string of the molecule is O=C(O)C(CN(Cc1ccccc1)Cc1ccccc1)N1CCOCC1. The molecule has 1 heterocycles. The fraction of sp³-hybridized carbons (Fsp3) is 0.381. The topological polar surface area (TPSA) is 53.0 Å². The van der Waals surface area contributed by atoms with Gasteiger partial charge in [0.25, 0.3) is 0 Å². The summed E-state index contributed by atoms with van der Waals surface area (Å²) in [5.41, 5.74) is 2.38. The average Bonchev–Trinajstić information content (AvgIpc) is 2.68. The Kier molecular flexibility index (Phi) is 6.77. The molecule has 26 heavy (non-hydrogen) atoms. The monoisotopic (exact) mass is 354 g/mol. The quantitative estimate of drug-likeness (QED) is 0.789. The molecule has 3 rings (SSSR count). The van der Waals surface area contributed by atoms with Crippen molar-refractivity contribution in [3.63, 3.8) is 0 Å². The molecule has 0 spiro atoms. The van der Waals surface area contributed by atoms with Crippen molar-refractivity contribution in [3.05, 3.63) is 71.8 Å². The first kappa shape index (κ1) is 18.6. The first-order valence-corrected chi connectivity index (χ1v) is 9.07. The Bertz CT molecular complexity index is 631. The van der Waals surface area contributed by atoms with Gasteiger partial charge in [0.2, 0.25) is 0 Å². The highest BCUT2D eigenvalue weighted by Crippen LogP contribution is 2.14. The van der Waals surface area contributed by atoms with Crippen LogP contribution in [0.5, 0.6) is 0 Å². The maximum Gasteiger partial charge on any atom is 0.322 e. The largest absolute Gasteiger partial charge is 0.480 e. The van der Waals surface area contributed by atoms with Gasteiger partial charge in [-0.3, -0.25) is 14.6 Å². The molecule has 0 radical (unpaired) electrons. The summed E-state index contributed by atoms with van der Waals surface area (Å²) in [7, 11) is 0. The Labute approximate surface area is 154 Å². The van der Waals surface area contributed by atoms with Crippen LogP contribution in [0.3, 0.4) is 0 Å². The van der Waals surface area contributed by atoms with Gasteiger partial charge in [-0.2, -0.15) is 0 Å². The molecule has 2 aromatic carbocycles. The number of carbonyl (C=O) groups is 1. The Balaban J connectivity index is 1.75. The van der Waals surface area contributed by atoms with Gasteiger partial charge >= 0.3 is 5.97 Å². The number of benzene rings is 2. The minimum atomic E-state index is -0.766. The van der Waals surface area contributed by atoms with Crippen molar-refractivity contribution in [2.75, 3.05) is 32.8 Å². The Morgan fingerprint density at radius 2 is 1.46 bits per heavy atom. The molecule has 2 aromatic rings. The second-order valence-corrected chi connectivity index (χ2v) is 6.64. The first-order valence-electron chi connectivity index (χ1n) is 9.07. The van der Waals surface area contributed by atoms with E-state index >= 15 is 0 Å². The number of aliphatic carboxylic acids is 1. The van der Waals surface area contributed by atoms with Crippen molar-refractivity contribution in [1.82, 2.24) is 9.80 Å². The van der Waals surface area contributed by atoms with Crippen molar-refractivity contribution in [2.45, 2.75) is 19.1 Å². The third-order valence-corrected chi connectivity index (χ3v) is 4.70. The molecule has 0 saturated carbocycles. The summed E-state index contributed by atoms with van der Waals surface area (Å²) < 4.78 is 5.38. The van der Waals surface area contributed by atoms with Crippen LogP contribution < -0.4 is 0 Å². The van der Waals surface area contributed by atoms with Gasteiger partial charge in [-0.05, 0) is 11.1 Å². The van der Waals surface area contributed by atoms with E-state index in [0.29, 0.717) is 32.8 Å². The third-order valence-electron chi connectivity index (χ3n) is 4.70. The van der Waals surface area contributed by atoms with Crippen molar-refractivity contribution in [1.29, 1.82) is 0 Å². The molecule has 1 saturated heterocycles. The van der Waals surface area contributed by atoms with E-state index in [0.717, 1.165) is 13.1 Å². The number of hydrogen-bond acceptors (Lipinski definition) is 4. The predicted octanol–water partition coefficient (Wildman–Crippen LogP) is 2.47. The maximum atomic E-state index is 11.9. The molecule has 5 nitrogen and oxygen atoms in total. The summed E-state index contributed by atoms with van der Waals surface area (Å²) in [5.74, 6) is -0.766. The lowest BCUT2D eigenvalue weighted by atomic mass is 10.1. The van der Waals surface area contributed by atoms with Crippen LogP contribution in [0.2, 0.25) is 0 Å². The first-order chi connectivity index (χ1) is 12.7. The molecule has 138 valence electrons. The highest BCUT2D eigenvalue weighted by atomic mass is 16.5. The summed E-state index contributed by atoms with van der Waals surface area (Å²) in [4.78, 5) is 16.2. The van der Waals surface area contributed by atoms with Crippen molar-refractivity contribution < 1.29 is 14.6 Å². The van der Waals surface area contributed by atoms with E-state index in [2.05, 4.69) is 29.2 Å². The normalized spacial score (nSPS) is 16.5. The zero-order chi connectivity index (χ0) is 18.2. The highest BCUT2D eigenvalue weighted by Gasteiger charge is 2.29. The Morgan fingerprint density at radius 3 is 1.92 bits per heavy atom. The molecule has 0 amide bonds. The van der Waals surface area contributed by atoms with E-state index in [9.17, 15) is 9.90 Å². The summed E-state index contributed by atoms with van der Waals surface area (Å²) in [5, 5.41) is 9.80. The zero-order valence-electron chi connectivity index (χ0n) is 15.0. The van der Waals surface area contributed by atoms with Gasteiger partial charge in [0.15, 0.2) is 0 Å². The van der Waals surface area contributed by atoms with Crippen molar-refractivity contribution in [3.8, 4) is 0 Å². The second kappa shape index (κ2) is 9.48. The molecule has 1 aliphatic rings. The third kappa shape index (κ3) is 5.39. The molecule has 5 heteroatoms. The van der Waals surface area contributed by atoms with Crippen LogP contribution >= 0.6 is 0 Å². The lowest BCUT2D eigenvalue weighted by Gasteiger charge is -2.35. The maximum absolute atomic E-state index is 11.9. The fourth-order valence-electron chi connectivity index (χ4n) is 3.35. The lowest BCUT2D eigenvalue weighted by Crippen LogP contribution is -2.52. The van der Waals surface area contributed by atoms with Crippen molar-refractivity contribution in [2.24, 2.45) is 0 Å². The Hall–Kier alpha value is -2.21. The molecule has 0 bridgehead atoms. The van der Waals surface area contributed by atoms with Gasteiger partial charge in [0, 0.05) is 32.7 Å². The van der Waals surface area contributed by atoms with E-state index in [4.69, 9.17) is 4.74 Å². The standard InChI is InChI=1S/C21H26N2O3/c24-21(25)20(23-11-13-26-14-12-23)17-22(15-18-7-3-1-4-8-18)16-19-9-5-2-6-10-19/h1-10,20H,11-17H2,(H,24,25). The molecule has 1 aliphatic heterocycles. The number of rotatable bonds is 8. The molecule has 0 aliphatic carbocycles. The zero-order valence-corrected chi connectivity index (χ0v) is 15.0. The molecule has 1 fully saturated rings. The highest BCUT2D eigenvalue weighted by molar-refractivity contribution is 5.73. The summed E-state index contributed by atoms with van der Waals surface area (Å²) in [6.07, 6.45) is 0. The summed E-state index contributed by atoms with van der Waals surface area (Å²) in [6.45, 7) is 4.47.